The summed E-state index contributed by atoms with van der Waals surface area (Å²) in [6.45, 7) is 16.9. The van der Waals surface area contributed by atoms with Gasteiger partial charge in [-0.1, -0.05) is 60.1 Å². The largest absolute Gasteiger partial charge is 0.481 e. The molecule has 0 heterocycles. The zero-order chi connectivity index (χ0) is 31.6. The predicted octanol–water partition coefficient (Wildman–Crippen LogP) is 8.52. The van der Waals surface area contributed by atoms with Crippen molar-refractivity contribution in [3.63, 3.8) is 0 Å². The van der Waals surface area contributed by atoms with Gasteiger partial charge in [0.25, 0.3) is 0 Å². The van der Waals surface area contributed by atoms with Crippen molar-refractivity contribution in [2.24, 2.45) is 50.2 Å². The molecule has 0 amide bonds. The van der Waals surface area contributed by atoms with Gasteiger partial charge in [-0.3, -0.25) is 14.4 Å². The lowest BCUT2D eigenvalue weighted by molar-refractivity contribution is -0.214. The van der Waals surface area contributed by atoms with Gasteiger partial charge >= 0.3 is 17.9 Å². The molecule has 0 aromatic heterocycles. The van der Waals surface area contributed by atoms with Gasteiger partial charge in [-0.25, -0.2) is 0 Å². The molecular formula is C37H58O6. The Bertz CT molecular complexity index is 1170. The lowest BCUT2D eigenvalue weighted by Gasteiger charge is -2.71. The zero-order valence-electron chi connectivity index (χ0n) is 28.3. The van der Waals surface area contributed by atoms with Crippen molar-refractivity contribution < 1.29 is 29.0 Å². The third-order valence-electron chi connectivity index (χ3n) is 14.5. The molecule has 4 fully saturated rings. The summed E-state index contributed by atoms with van der Waals surface area (Å²) < 4.78 is 10.9. The topological polar surface area (TPSA) is 89.9 Å². The second kappa shape index (κ2) is 10.9. The Morgan fingerprint density at radius 2 is 1.49 bits per heavy atom. The molecule has 0 aromatic rings. The molecule has 5 aliphatic carbocycles. The summed E-state index contributed by atoms with van der Waals surface area (Å²) in [6.07, 6.45) is 14.1. The van der Waals surface area contributed by atoms with E-state index in [2.05, 4.69) is 54.5 Å². The van der Waals surface area contributed by atoms with Crippen LogP contribution in [0.1, 0.15) is 138 Å². The summed E-state index contributed by atoms with van der Waals surface area (Å²) in [5.41, 5.74) is 1.19. The highest BCUT2D eigenvalue weighted by Gasteiger charge is 2.69. The molecule has 8 atom stereocenters. The van der Waals surface area contributed by atoms with Crippen LogP contribution in [0.15, 0.2) is 11.6 Å². The minimum Gasteiger partial charge on any atom is -0.481 e. The number of ether oxygens (including phenoxy) is 2. The summed E-state index contributed by atoms with van der Waals surface area (Å²) in [5.74, 6) is 0.158. The van der Waals surface area contributed by atoms with Gasteiger partial charge in [0.2, 0.25) is 0 Å². The summed E-state index contributed by atoms with van der Waals surface area (Å²) in [7, 11) is 1.39. The molecule has 0 aliphatic heterocycles. The smallest absolute Gasteiger partial charge is 0.310 e. The number of allylic oxidation sites excluding steroid dienone is 2. The number of aliphatic carboxylic acids is 1. The highest BCUT2D eigenvalue weighted by Crippen LogP contribution is 2.75. The van der Waals surface area contributed by atoms with Gasteiger partial charge in [-0.2, -0.15) is 0 Å². The summed E-state index contributed by atoms with van der Waals surface area (Å²) in [6, 6.07) is 0. The summed E-state index contributed by atoms with van der Waals surface area (Å²) >= 11 is 0. The first-order chi connectivity index (χ1) is 20.0. The van der Waals surface area contributed by atoms with Crippen molar-refractivity contribution in [3.8, 4) is 0 Å². The second-order valence-electron chi connectivity index (χ2n) is 17.3. The van der Waals surface area contributed by atoms with Crippen LogP contribution in [0.5, 0.6) is 0 Å². The zero-order valence-corrected chi connectivity index (χ0v) is 28.3. The number of carbonyl (C=O) groups is 3. The van der Waals surface area contributed by atoms with E-state index in [9.17, 15) is 19.5 Å². The van der Waals surface area contributed by atoms with Crippen LogP contribution in [0.2, 0.25) is 0 Å². The molecule has 0 saturated heterocycles. The molecule has 242 valence electrons. The standard InChI is InChI=1S/C37H58O6/c1-32(2)19-21-37(31(40)41)22-20-35(6)24(25(37)23-32)13-14-27-34(5)17-16-28(33(3,4)26(34)15-18-36(27,35)7)43-30(39)12-10-9-11-29(38)42-8/h13,25-28H,9-12,14-23H2,1-8H3,(H,40,41)/t25?,26?,27?,28-,34-,35+,36+,37-/m0/s1. The van der Waals surface area contributed by atoms with Crippen LogP contribution in [0, 0.1) is 50.2 Å². The van der Waals surface area contributed by atoms with E-state index in [-0.39, 0.29) is 51.0 Å². The Kier molecular flexibility index (Phi) is 8.25. The molecule has 5 aliphatic rings. The number of hydrogen-bond donors (Lipinski definition) is 1. The molecule has 0 aromatic carbocycles. The molecule has 0 spiro atoms. The highest BCUT2D eigenvalue weighted by atomic mass is 16.5. The molecule has 5 rings (SSSR count). The maximum Gasteiger partial charge on any atom is 0.310 e. The first-order valence-corrected chi connectivity index (χ1v) is 17.2. The molecular weight excluding hydrogens is 540 g/mol. The van der Waals surface area contributed by atoms with Crippen LogP contribution < -0.4 is 0 Å². The minimum atomic E-state index is -0.603. The van der Waals surface area contributed by atoms with E-state index in [0.717, 1.165) is 64.2 Å². The quantitative estimate of drug-likeness (QED) is 0.179. The van der Waals surface area contributed by atoms with Gasteiger partial charge in [0.1, 0.15) is 6.10 Å². The van der Waals surface area contributed by atoms with Crippen LogP contribution in [-0.4, -0.2) is 36.2 Å². The van der Waals surface area contributed by atoms with E-state index < -0.39 is 11.4 Å². The Balaban J connectivity index is 1.37. The van der Waals surface area contributed by atoms with Crippen molar-refractivity contribution in [1.82, 2.24) is 0 Å². The first-order valence-electron chi connectivity index (χ1n) is 17.2. The molecule has 1 N–H and O–H groups in total. The molecule has 0 bridgehead atoms. The van der Waals surface area contributed by atoms with Crippen molar-refractivity contribution in [2.75, 3.05) is 7.11 Å². The van der Waals surface area contributed by atoms with Gasteiger partial charge in [-0.15, -0.1) is 0 Å². The molecule has 0 radical (unpaired) electrons. The number of carboxylic acid groups (broad SMARTS) is 1. The molecule has 3 unspecified atom stereocenters. The van der Waals surface area contributed by atoms with E-state index in [4.69, 9.17) is 9.47 Å². The van der Waals surface area contributed by atoms with E-state index in [1.54, 1.807) is 0 Å². The van der Waals surface area contributed by atoms with Crippen molar-refractivity contribution in [2.45, 2.75) is 144 Å². The SMILES string of the molecule is COC(=O)CCCCC(=O)O[C@H]1CC[C@@]2(C)C(CC[C@]3(C)C2CC=C2C4CC(C)(C)CC[C@]4(C(=O)O)CC[C@]23C)C1(C)C. The number of rotatable bonds is 7. The van der Waals surface area contributed by atoms with Gasteiger partial charge in [0.15, 0.2) is 0 Å². The average molecular weight is 599 g/mol. The van der Waals surface area contributed by atoms with Crippen LogP contribution in [0.3, 0.4) is 0 Å². The molecule has 6 nitrogen and oxygen atoms in total. The van der Waals surface area contributed by atoms with E-state index in [1.807, 2.05) is 0 Å². The predicted molar refractivity (Wildman–Crippen MR) is 167 cm³/mol. The van der Waals surface area contributed by atoms with Gasteiger partial charge in [0.05, 0.1) is 12.5 Å². The number of carbonyl (C=O) groups excluding carboxylic acids is 2. The van der Waals surface area contributed by atoms with Crippen molar-refractivity contribution in [1.29, 1.82) is 0 Å². The van der Waals surface area contributed by atoms with E-state index in [1.165, 1.54) is 12.7 Å². The third-order valence-corrected chi connectivity index (χ3v) is 14.5. The fraction of sp³-hybridized carbons (Fsp3) is 0.865. The second-order valence-corrected chi connectivity index (χ2v) is 17.3. The Morgan fingerprint density at radius 1 is 0.837 bits per heavy atom. The Morgan fingerprint density at radius 3 is 2.14 bits per heavy atom. The monoisotopic (exact) mass is 598 g/mol. The van der Waals surface area contributed by atoms with Crippen LogP contribution in [-0.2, 0) is 23.9 Å². The molecule has 43 heavy (non-hydrogen) atoms. The highest BCUT2D eigenvalue weighted by molar-refractivity contribution is 5.76. The maximum absolute atomic E-state index is 12.9. The fourth-order valence-corrected chi connectivity index (χ4v) is 11.7. The van der Waals surface area contributed by atoms with Crippen LogP contribution in [0.4, 0.5) is 0 Å². The molecule has 4 saturated carbocycles. The number of fused-ring (bicyclic) bond motifs is 7. The minimum absolute atomic E-state index is 0.0125. The normalized spacial score (nSPS) is 42.7. The number of unbranched alkanes of at least 4 members (excludes halogenated alkanes) is 1. The van der Waals surface area contributed by atoms with Gasteiger partial charge < -0.3 is 14.6 Å². The van der Waals surface area contributed by atoms with Gasteiger partial charge in [0, 0.05) is 18.3 Å². The van der Waals surface area contributed by atoms with Gasteiger partial charge in [-0.05, 0) is 116 Å². The summed E-state index contributed by atoms with van der Waals surface area (Å²) in [4.78, 5) is 37.2. The molecule has 6 heteroatoms. The maximum atomic E-state index is 12.9. The summed E-state index contributed by atoms with van der Waals surface area (Å²) in [5, 5.41) is 10.6. The van der Waals surface area contributed by atoms with E-state index in [0.29, 0.717) is 37.5 Å². The number of hydrogen-bond acceptors (Lipinski definition) is 5. The lowest BCUT2D eigenvalue weighted by Crippen LogP contribution is -2.65. The Labute approximate surface area is 260 Å². The third kappa shape index (κ3) is 5.00. The van der Waals surface area contributed by atoms with Crippen molar-refractivity contribution >= 4 is 17.9 Å². The first kappa shape index (κ1) is 32.5. The number of esters is 2. The Hall–Kier alpha value is -1.85. The van der Waals surface area contributed by atoms with E-state index >= 15 is 0 Å². The fourth-order valence-electron chi connectivity index (χ4n) is 11.7. The van der Waals surface area contributed by atoms with Crippen molar-refractivity contribution in [3.05, 3.63) is 11.6 Å². The van der Waals surface area contributed by atoms with Crippen LogP contribution >= 0.6 is 0 Å². The lowest BCUT2D eigenvalue weighted by atomic mass is 9.33. The number of carboxylic acids is 1. The number of methoxy groups -OCH3 is 1. The average Bonchev–Trinajstić information content (AvgIpc) is 2.92. The van der Waals surface area contributed by atoms with Crippen LogP contribution in [0.25, 0.3) is 0 Å².